The maximum atomic E-state index is 11.9. The lowest BCUT2D eigenvalue weighted by Gasteiger charge is -2.19. The zero-order valence-corrected chi connectivity index (χ0v) is 11.5. The molecule has 2 rings (SSSR count). The Hall–Kier alpha value is -1.58. The molecular weight excluding hydrogens is 285 g/mol. The number of hydrogen-bond acceptors (Lipinski definition) is 2. The lowest BCUT2D eigenvalue weighted by molar-refractivity contribution is -0.139. The molecule has 1 aromatic carbocycles. The van der Waals surface area contributed by atoms with E-state index < -0.39 is 0 Å². The van der Waals surface area contributed by atoms with Gasteiger partial charge in [-0.1, -0.05) is 35.3 Å². The molecule has 0 spiro atoms. The Morgan fingerprint density at radius 1 is 1.26 bits per heavy atom. The lowest BCUT2D eigenvalue weighted by Crippen LogP contribution is -2.37. The predicted octanol–water partition coefficient (Wildman–Crippen LogP) is 3.32. The second-order valence-corrected chi connectivity index (χ2v) is 4.80. The molecule has 98 valence electrons. The van der Waals surface area contributed by atoms with E-state index in [2.05, 4.69) is 0 Å². The van der Waals surface area contributed by atoms with Gasteiger partial charge in [-0.2, -0.15) is 0 Å². The highest BCUT2D eigenvalue weighted by Crippen LogP contribution is 2.25. The number of carbonyl (C=O) groups is 2. The van der Waals surface area contributed by atoms with Crippen LogP contribution >= 0.6 is 23.2 Å². The maximum Gasteiger partial charge on any atom is 0.253 e. The van der Waals surface area contributed by atoms with Gasteiger partial charge in [-0.3, -0.25) is 14.5 Å². The molecule has 0 aliphatic carbocycles. The number of amides is 2. The summed E-state index contributed by atoms with van der Waals surface area (Å²) in [5.41, 5.74) is 0.569. The Bertz CT molecular complexity index is 559. The summed E-state index contributed by atoms with van der Waals surface area (Å²) in [7, 11) is 0. The molecule has 0 radical (unpaired) electrons. The molecule has 0 unspecified atom stereocenters. The van der Waals surface area contributed by atoms with Gasteiger partial charge < -0.3 is 0 Å². The van der Waals surface area contributed by atoms with Gasteiger partial charge in [0.2, 0.25) is 0 Å². The van der Waals surface area contributed by atoms with Crippen molar-refractivity contribution in [1.82, 2.24) is 4.90 Å². The van der Waals surface area contributed by atoms with Gasteiger partial charge >= 0.3 is 0 Å². The molecule has 1 aliphatic heterocycles. The Kier molecular flexibility index (Phi) is 4.40. The monoisotopic (exact) mass is 295 g/mol. The summed E-state index contributed by atoms with van der Waals surface area (Å²) in [4.78, 5) is 24.6. The number of hydrogen-bond donors (Lipinski definition) is 0. The largest absolute Gasteiger partial charge is 0.275 e. The molecule has 0 fully saturated rings. The van der Waals surface area contributed by atoms with Crippen molar-refractivity contribution in [2.75, 3.05) is 6.54 Å². The van der Waals surface area contributed by atoms with Gasteiger partial charge in [0.15, 0.2) is 0 Å². The topological polar surface area (TPSA) is 37.4 Å². The fourth-order valence-corrected chi connectivity index (χ4v) is 2.24. The van der Waals surface area contributed by atoms with Crippen molar-refractivity contribution < 1.29 is 9.59 Å². The van der Waals surface area contributed by atoms with Gasteiger partial charge in [0.1, 0.15) is 0 Å². The van der Waals surface area contributed by atoms with Crippen LogP contribution < -0.4 is 0 Å². The van der Waals surface area contributed by atoms with Crippen LogP contribution in [-0.2, 0) is 9.59 Å². The van der Waals surface area contributed by atoms with Gasteiger partial charge in [-0.15, -0.1) is 0 Å². The van der Waals surface area contributed by atoms with E-state index in [-0.39, 0.29) is 11.8 Å². The number of nitrogens with zero attached hydrogens (tertiary/aromatic N) is 1. The van der Waals surface area contributed by atoms with Gasteiger partial charge in [0.25, 0.3) is 11.8 Å². The molecule has 2 amide bonds. The highest BCUT2D eigenvalue weighted by Gasteiger charge is 2.18. The third kappa shape index (κ3) is 3.25. The van der Waals surface area contributed by atoms with Crippen LogP contribution in [0.2, 0.25) is 10.0 Å². The van der Waals surface area contributed by atoms with Gasteiger partial charge in [0, 0.05) is 28.2 Å². The molecule has 1 heterocycles. The molecular formula is C14H11Cl2NO2. The molecule has 5 heteroatoms. The van der Waals surface area contributed by atoms with Crippen molar-refractivity contribution in [2.45, 2.75) is 6.42 Å². The standard InChI is InChI=1S/C14H11Cl2NO2/c15-11-4-3-5-12(16)10(11)7-8-14(19)17-9-2-1-6-13(17)18/h1,3-8H,2,9H2/b8-7+. The maximum absolute atomic E-state index is 11.9. The molecule has 0 bridgehead atoms. The minimum absolute atomic E-state index is 0.300. The van der Waals surface area contributed by atoms with Crippen LogP contribution in [0.4, 0.5) is 0 Å². The summed E-state index contributed by atoms with van der Waals surface area (Å²) >= 11 is 12.0. The van der Waals surface area contributed by atoms with Crippen LogP contribution in [0.5, 0.6) is 0 Å². The van der Waals surface area contributed by atoms with Gasteiger partial charge in [-0.25, -0.2) is 0 Å². The second kappa shape index (κ2) is 6.04. The van der Waals surface area contributed by atoms with E-state index in [1.165, 1.54) is 23.1 Å². The van der Waals surface area contributed by atoms with Crippen LogP contribution in [0.1, 0.15) is 12.0 Å². The van der Waals surface area contributed by atoms with Crippen molar-refractivity contribution in [2.24, 2.45) is 0 Å². The van der Waals surface area contributed by atoms with E-state index in [9.17, 15) is 9.59 Å². The molecule has 1 aliphatic rings. The fraction of sp³-hybridized carbons (Fsp3) is 0.143. The molecule has 0 saturated carbocycles. The summed E-state index contributed by atoms with van der Waals surface area (Å²) in [6.45, 7) is 0.398. The van der Waals surface area contributed by atoms with E-state index in [4.69, 9.17) is 23.2 Å². The summed E-state index contributed by atoms with van der Waals surface area (Å²) in [6.07, 6.45) is 6.67. The predicted molar refractivity (Wildman–Crippen MR) is 76.0 cm³/mol. The first-order valence-electron chi connectivity index (χ1n) is 5.73. The quantitative estimate of drug-likeness (QED) is 0.785. The zero-order valence-electron chi connectivity index (χ0n) is 9.98. The third-order valence-electron chi connectivity index (χ3n) is 2.70. The first-order chi connectivity index (χ1) is 9.09. The Balaban J connectivity index is 2.17. The number of imide groups is 1. The normalized spacial score (nSPS) is 15.3. The Morgan fingerprint density at radius 2 is 1.95 bits per heavy atom. The second-order valence-electron chi connectivity index (χ2n) is 3.99. The van der Waals surface area contributed by atoms with Crippen molar-refractivity contribution in [3.8, 4) is 0 Å². The highest BCUT2D eigenvalue weighted by molar-refractivity contribution is 6.37. The zero-order chi connectivity index (χ0) is 13.8. The smallest absolute Gasteiger partial charge is 0.253 e. The minimum Gasteiger partial charge on any atom is -0.275 e. The van der Waals surface area contributed by atoms with Gasteiger partial charge in [-0.05, 0) is 30.7 Å². The number of halogens is 2. The number of carbonyl (C=O) groups excluding carboxylic acids is 2. The van der Waals surface area contributed by atoms with E-state index in [1.807, 2.05) is 0 Å². The fourth-order valence-electron chi connectivity index (χ4n) is 1.72. The van der Waals surface area contributed by atoms with Crippen molar-refractivity contribution in [1.29, 1.82) is 0 Å². The van der Waals surface area contributed by atoms with Crippen LogP contribution in [0, 0.1) is 0 Å². The lowest BCUT2D eigenvalue weighted by atomic mass is 10.2. The van der Waals surface area contributed by atoms with E-state index in [1.54, 1.807) is 24.3 Å². The average Bonchev–Trinajstić information content (AvgIpc) is 2.38. The molecule has 0 aromatic heterocycles. The van der Waals surface area contributed by atoms with Crippen LogP contribution in [-0.4, -0.2) is 23.3 Å². The van der Waals surface area contributed by atoms with Crippen molar-refractivity contribution in [3.63, 3.8) is 0 Å². The van der Waals surface area contributed by atoms with Gasteiger partial charge in [0.05, 0.1) is 0 Å². The summed E-state index contributed by atoms with van der Waals surface area (Å²) in [5.74, 6) is -0.670. The molecule has 19 heavy (non-hydrogen) atoms. The summed E-state index contributed by atoms with van der Waals surface area (Å²) < 4.78 is 0. The molecule has 0 N–H and O–H groups in total. The van der Waals surface area contributed by atoms with E-state index >= 15 is 0 Å². The van der Waals surface area contributed by atoms with Crippen molar-refractivity contribution >= 4 is 41.1 Å². The molecule has 0 atom stereocenters. The minimum atomic E-state index is -0.370. The Morgan fingerprint density at radius 3 is 2.58 bits per heavy atom. The first kappa shape index (κ1) is 13.8. The average molecular weight is 296 g/mol. The molecule has 3 nitrogen and oxygen atoms in total. The van der Waals surface area contributed by atoms with Crippen LogP contribution in [0.15, 0.2) is 36.4 Å². The van der Waals surface area contributed by atoms with E-state index in [0.29, 0.717) is 28.6 Å². The summed E-state index contributed by atoms with van der Waals surface area (Å²) in [6, 6.07) is 5.10. The number of rotatable bonds is 2. The first-order valence-corrected chi connectivity index (χ1v) is 6.49. The van der Waals surface area contributed by atoms with Crippen LogP contribution in [0.3, 0.4) is 0 Å². The number of benzene rings is 1. The molecule has 0 saturated heterocycles. The Labute approximate surface area is 121 Å². The van der Waals surface area contributed by atoms with Crippen molar-refractivity contribution in [3.05, 3.63) is 52.0 Å². The highest BCUT2D eigenvalue weighted by atomic mass is 35.5. The molecule has 1 aromatic rings. The van der Waals surface area contributed by atoms with Crippen LogP contribution in [0.25, 0.3) is 6.08 Å². The third-order valence-corrected chi connectivity index (χ3v) is 3.36. The summed E-state index contributed by atoms with van der Waals surface area (Å²) in [5, 5.41) is 0.919. The SMILES string of the molecule is O=C1C=CCCN1C(=O)/C=C/c1c(Cl)cccc1Cl. The van der Waals surface area contributed by atoms with E-state index in [0.717, 1.165) is 0 Å².